The van der Waals surface area contributed by atoms with Gasteiger partial charge in [-0.05, 0) is 73.4 Å². The van der Waals surface area contributed by atoms with Crippen LogP contribution in [0.5, 0.6) is 0 Å². The van der Waals surface area contributed by atoms with Crippen molar-refractivity contribution in [1.29, 1.82) is 0 Å². The van der Waals surface area contributed by atoms with Crippen LogP contribution in [-0.4, -0.2) is 44.3 Å². The molecule has 0 aliphatic carbocycles. The highest BCUT2D eigenvalue weighted by Gasteiger charge is 2.33. The van der Waals surface area contributed by atoms with E-state index in [9.17, 15) is 18.0 Å². The van der Waals surface area contributed by atoms with Gasteiger partial charge in [-0.3, -0.25) is 13.9 Å². The first kappa shape index (κ1) is 30.5. The van der Waals surface area contributed by atoms with E-state index in [4.69, 9.17) is 23.2 Å². The smallest absolute Gasteiger partial charge is 0.264 e. The monoisotopic (exact) mass is 589 g/mol. The first-order valence-corrected chi connectivity index (χ1v) is 14.9. The van der Waals surface area contributed by atoms with Gasteiger partial charge in [0.25, 0.3) is 10.0 Å². The second kappa shape index (κ2) is 13.8. The Kier molecular flexibility index (Phi) is 10.8. The van der Waals surface area contributed by atoms with Crippen LogP contribution in [0.1, 0.15) is 37.8 Å². The highest BCUT2D eigenvalue weighted by atomic mass is 35.5. The summed E-state index contributed by atoms with van der Waals surface area (Å²) in [5.41, 5.74) is 2.05. The SMILES string of the molecule is CCCNC(=O)[C@H](CC)N(Cc1ccccc1C)C(=O)CN(c1cccc(Cl)c1)S(=O)(=O)c1ccc(Cl)cc1. The van der Waals surface area contributed by atoms with Gasteiger partial charge in [-0.25, -0.2) is 8.42 Å². The molecule has 0 aliphatic rings. The summed E-state index contributed by atoms with van der Waals surface area (Å²) in [6.45, 7) is 5.79. The molecule has 3 aromatic carbocycles. The van der Waals surface area contributed by atoms with E-state index < -0.39 is 28.5 Å². The molecule has 0 saturated carbocycles. The molecule has 208 valence electrons. The van der Waals surface area contributed by atoms with Crippen molar-refractivity contribution >= 4 is 50.7 Å². The number of amides is 2. The van der Waals surface area contributed by atoms with Gasteiger partial charge in [-0.2, -0.15) is 0 Å². The molecule has 3 aromatic rings. The van der Waals surface area contributed by atoms with Crippen molar-refractivity contribution in [3.63, 3.8) is 0 Å². The van der Waals surface area contributed by atoms with Gasteiger partial charge in [0.15, 0.2) is 0 Å². The predicted octanol–water partition coefficient (Wildman–Crippen LogP) is 5.83. The van der Waals surface area contributed by atoms with Gasteiger partial charge >= 0.3 is 0 Å². The van der Waals surface area contributed by atoms with Crippen LogP contribution in [0.15, 0.2) is 77.7 Å². The lowest BCUT2D eigenvalue weighted by Gasteiger charge is -2.33. The first-order chi connectivity index (χ1) is 18.6. The number of hydrogen-bond donors (Lipinski definition) is 1. The maximum Gasteiger partial charge on any atom is 0.264 e. The van der Waals surface area contributed by atoms with Gasteiger partial charge in [0.05, 0.1) is 10.6 Å². The summed E-state index contributed by atoms with van der Waals surface area (Å²) in [6, 6.07) is 18.8. The average molecular weight is 591 g/mol. The largest absolute Gasteiger partial charge is 0.354 e. The van der Waals surface area contributed by atoms with Crippen LogP contribution in [0.4, 0.5) is 5.69 Å². The Labute approximate surface area is 240 Å². The molecule has 0 unspecified atom stereocenters. The number of aryl methyl sites for hydroxylation is 1. The number of anilines is 1. The van der Waals surface area contributed by atoms with Crippen LogP contribution in [0.3, 0.4) is 0 Å². The van der Waals surface area contributed by atoms with Crippen LogP contribution in [-0.2, 0) is 26.2 Å². The number of halogens is 2. The Morgan fingerprint density at radius 1 is 0.923 bits per heavy atom. The molecule has 0 aromatic heterocycles. The Morgan fingerprint density at radius 3 is 2.23 bits per heavy atom. The van der Waals surface area contributed by atoms with Crippen molar-refractivity contribution < 1.29 is 18.0 Å². The summed E-state index contributed by atoms with van der Waals surface area (Å²) in [7, 11) is -4.20. The summed E-state index contributed by atoms with van der Waals surface area (Å²) >= 11 is 12.2. The first-order valence-electron chi connectivity index (χ1n) is 12.7. The molecule has 0 heterocycles. The van der Waals surface area contributed by atoms with Gasteiger partial charge in [0.1, 0.15) is 12.6 Å². The van der Waals surface area contributed by atoms with E-state index in [1.165, 1.54) is 35.2 Å². The van der Waals surface area contributed by atoms with Gasteiger partial charge in [0.2, 0.25) is 11.8 Å². The van der Waals surface area contributed by atoms with E-state index in [1.54, 1.807) is 18.2 Å². The number of carbonyl (C=O) groups excluding carboxylic acids is 2. The number of sulfonamides is 1. The lowest BCUT2D eigenvalue weighted by Crippen LogP contribution is -2.52. The molecule has 3 rings (SSSR count). The molecular formula is C29H33Cl2N3O4S. The van der Waals surface area contributed by atoms with Crippen LogP contribution < -0.4 is 9.62 Å². The molecule has 0 spiro atoms. The number of carbonyl (C=O) groups is 2. The number of rotatable bonds is 12. The molecule has 10 heteroatoms. The molecule has 1 atom stereocenters. The van der Waals surface area contributed by atoms with E-state index in [1.807, 2.05) is 45.0 Å². The van der Waals surface area contributed by atoms with E-state index in [0.717, 1.165) is 21.9 Å². The standard InChI is InChI=1S/C29H33Cl2N3O4S/c1-4-17-32-29(36)27(5-2)33(19-22-10-7-6-9-21(22)3)28(35)20-34(25-12-8-11-24(31)18-25)39(37,38)26-15-13-23(30)14-16-26/h6-16,18,27H,4-5,17,19-20H2,1-3H3,(H,32,36)/t27-/m0/s1. The maximum atomic E-state index is 14.0. The highest BCUT2D eigenvalue weighted by Crippen LogP contribution is 2.28. The van der Waals surface area contributed by atoms with E-state index >= 15 is 0 Å². The third-order valence-electron chi connectivity index (χ3n) is 6.31. The fraction of sp³-hybridized carbons (Fsp3) is 0.310. The van der Waals surface area contributed by atoms with E-state index in [-0.39, 0.29) is 23.0 Å². The minimum absolute atomic E-state index is 0.0298. The molecule has 0 bridgehead atoms. The van der Waals surface area contributed by atoms with Gasteiger partial charge in [0, 0.05) is 23.1 Å². The fourth-order valence-corrected chi connectivity index (χ4v) is 5.87. The Balaban J connectivity index is 2.06. The number of benzene rings is 3. The predicted molar refractivity (Wildman–Crippen MR) is 157 cm³/mol. The number of hydrogen-bond acceptors (Lipinski definition) is 4. The molecule has 0 fully saturated rings. The zero-order valence-corrected chi connectivity index (χ0v) is 24.6. The Bertz CT molecular complexity index is 1400. The van der Waals surface area contributed by atoms with Crippen molar-refractivity contribution in [3.05, 3.63) is 94.0 Å². The summed E-state index contributed by atoms with van der Waals surface area (Å²) in [5.74, 6) is -0.801. The molecule has 0 aliphatic heterocycles. The maximum absolute atomic E-state index is 14.0. The average Bonchev–Trinajstić information content (AvgIpc) is 2.91. The minimum Gasteiger partial charge on any atom is -0.354 e. The summed E-state index contributed by atoms with van der Waals surface area (Å²) < 4.78 is 28.7. The van der Waals surface area contributed by atoms with Crippen LogP contribution in [0, 0.1) is 6.92 Å². The zero-order valence-electron chi connectivity index (χ0n) is 22.2. The van der Waals surface area contributed by atoms with Gasteiger partial charge in [-0.1, -0.05) is 67.4 Å². The van der Waals surface area contributed by atoms with Crippen molar-refractivity contribution in [2.45, 2.75) is 51.1 Å². The minimum atomic E-state index is -4.20. The van der Waals surface area contributed by atoms with Crippen LogP contribution in [0.2, 0.25) is 10.0 Å². The van der Waals surface area contributed by atoms with Crippen LogP contribution >= 0.6 is 23.2 Å². The van der Waals surface area contributed by atoms with Gasteiger partial charge < -0.3 is 10.2 Å². The second-order valence-electron chi connectivity index (χ2n) is 9.11. The van der Waals surface area contributed by atoms with Crippen LogP contribution in [0.25, 0.3) is 0 Å². The quantitative estimate of drug-likeness (QED) is 0.288. The van der Waals surface area contributed by atoms with E-state index in [0.29, 0.717) is 23.0 Å². The molecule has 7 nitrogen and oxygen atoms in total. The molecule has 0 radical (unpaired) electrons. The lowest BCUT2D eigenvalue weighted by atomic mass is 10.1. The number of nitrogens with one attached hydrogen (secondary N) is 1. The van der Waals surface area contributed by atoms with Crippen molar-refractivity contribution in [1.82, 2.24) is 10.2 Å². The normalized spacial score (nSPS) is 12.0. The van der Waals surface area contributed by atoms with Crippen molar-refractivity contribution in [3.8, 4) is 0 Å². The topological polar surface area (TPSA) is 86.8 Å². The molecule has 0 saturated heterocycles. The fourth-order valence-electron chi connectivity index (χ4n) is 4.15. The Hall–Kier alpha value is -3.07. The molecule has 2 amide bonds. The van der Waals surface area contributed by atoms with E-state index in [2.05, 4.69) is 5.32 Å². The number of nitrogens with zero attached hydrogens (tertiary/aromatic N) is 2. The second-order valence-corrected chi connectivity index (χ2v) is 11.8. The Morgan fingerprint density at radius 2 is 1.62 bits per heavy atom. The third kappa shape index (κ3) is 7.75. The molecule has 39 heavy (non-hydrogen) atoms. The summed E-state index contributed by atoms with van der Waals surface area (Å²) in [4.78, 5) is 28.6. The summed E-state index contributed by atoms with van der Waals surface area (Å²) in [6.07, 6.45) is 1.10. The summed E-state index contributed by atoms with van der Waals surface area (Å²) in [5, 5.41) is 3.58. The zero-order chi connectivity index (χ0) is 28.6. The van der Waals surface area contributed by atoms with Crippen molar-refractivity contribution in [2.75, 3.05) is 17.4 Å². The van der Waals surface area contributed by atoms with Gasteiger partial charge in [-0.15, -0.1) is 0 Å². The highest BCUT2D eigenvalue weighted by molar-refractivity contribution is 7.92. The lowest BCUT2D eigenvalue weighted by molar-refractivity contribution is -0.140. The molecule has 1 N–H and O–H groups in total. The molecular weight excluding hydrogens is 557 g/mol. The third-order valence-corrected chi connectivity index (χ3v) is 8.59. The van der Waals surface area contributed by atoms with Crippen molar-refractivity contribution in [2.24, 2.45) is 0 Å².